The van der Waals surface area contributed by atoms with Gasteiger partial charge in [0.2, 0.25) is 0 Å². The summed E-state index contributed by atoms with van der Waals surface area (Å²) >= 11 is 0. The fraction of sp³-hybridized carbons (Fsp3) is 0.200. The van der Waals surface area contributed by atoms with Gasteiger partial charge in [-0.1, -0.05) is 0 Å². The van der Waals surface area contributed by atoms with E-state index in [1.54, 1.807) is 18.2 Å². The number of hydrogen-bond acceptors (Lipinski definition) is 4. The predicted octanol–water partition coefficient (Wildman–Crippen LogP) is 2.10. The van der Waals surface area contributed by atoms with Crippen LogP contribution in [0.1, 0.15) is 12.5 Å². The molecule has 0 unspecified atom stereocenters. The largest absolute Gasteiger partial charge is 0.450 e. The molecular weight excluding hydrogens is 180 g/mol. The van der Waals surface area contributed by atoms with Gasteiger partial charge in [-0.05, 0) is 19.1 Å². The molecule has 0 saturated carbocycles. The third-order valence-corrected chi connectivity index (χ3v) is 1.77. The number of benzene rings is 1. The first-order valence-corrected chi connectivity index (χ1v) is 4.27. The highest BCUT2D eigenvalue weighted by molar-refractivity contribution is 5.74. The molecule has 4 nitrogen and oxygen atoms in total. The predicted molar refractivity (Wildman–Crippen MR) is 49.9 cm³/mol. The number of hydrogen-bond donors (Lipinski definition) is 0. The fourth-order valence-electron chi connectivity index (χ4n) is 1.16. The minimum absolute atomic E-state index is 0.248. The minimum atomic E-state index is 0.248. The molecule has 1 aromatic heterocycles. The van der Waals surface area contributed by atoms with E-state index in [4.69, 9.17) is 14.4 Å². The van der Waals surface area contributed by atoms with Gasteiger partial charge in [0.05, 0.1) is 18.2 Å². The van der Waals surface area contributed by atoms with E-state index in [-0.39, 0.29) is 6.08 Å². The van der Waals surface area contributed by atoms with E-state index in [1.807, 2.05) is 13.0 Å². The lowest BCUT2D eigenvalue weighted by molar-refractivity contribution is 0.251. The molecule has 2 aromatic rings. The quantitative estimate of drug-likeness (QED) is 0.724. The van der Waals surface area contributed by atoms with Crippen LogP contribution in [0.5, 0.6) is 6.08 Å². The number of aromatic nitrogens is 1. The van der Waals surface area contributed by atoms with Crippen LogP contribution in [-0.4, -0.2) is 11.6 Å². The number of oxazole rings is 1. The number of nitriles is 1. The van der Waals surface area contributed by atoms with Gasteiger partial charge in [0.1, 0.15) is 5.52 Å². The topological polar surface area (TPSA) is 59.0 Å². The molecule has 0 radical (unpaired) electrons. The highest BCUT2D eigenvalue weighted by Crippen LogP contribution is 2.21. The molecule has 1 heterocycles. The van der Waals surface area contributed by atoms with Gasteiger partial charge in [0.25, 0.3) is 0 Å². The van der Waals surface area contributed by atoms with E-state index in [0.717, 1.165) is 0 Å². The van der Waals surface area contributed by atoms with Crippen molar-refractivity contribution in [3.63, 3.8) is 0 Å². The first-order chi connectivity index (χ1) is 6.83. The first kappa shape index (κ1) is 8.57. The highest BCUT2D eigenvalue weighted by Gasteiger charge is 2.06. The van der Waals surface area contributed by atoms with Crippen molar-refractivity contribution in [1.29, 1.82) is 5.26 Å². The Kier molecular flexibility index (Phi) is 2.07. The van der Waals surface area contributed by atoms with Crippen LogP contribution < -0.4 is 4.74 Å². The fourth-order valence-corrected chi connectivity index (χ4v) is 1.16. The molecule has 0 aliphatic carbocycles. The Labute approximate surface area is 80.7 Å². The second kappa shape index (κ2) is 3.38. The summed E-state index contributed by atoms with van der Waals surface area (Å²) in [6, 6.07) is 7.11. The summed E-state index contributed by atoms with van der Waals surface area (Å²) in [5.41, 5.74) is 1.83. The van der Waals surface area contributed by atoms with Crippen LogP contribution in [0.4, 0.5) is 0 Å². The second-order valence-corrected chi connectivity index (χ2v) is 2.71. The van der Waals surface area contributed by atoms with E-state index in [1.165, 1.54) is 0 Å². The SMILES string of the molecule is CCOc1nc2ccc(C#N)cc2o1. The lowest BCUT2D eigenvalue weighted by Gasteiger charge is -1.91. The van der Waals surface area contributed by atoms with Gasteiger partial charge in [-0.15, -0.1) is 0 Å². The normalized spacial score (nSPS) is 10.0. The maximum Gasteiger partial charge on any atom is 0.394 e. The van der Waals surface area contributed by atoms with Crippen molar-refractivity contribution in [3.05, 3.63) is 23.8 Å². The van der Waals surface area contributed by atoms with Crippen molar-refractivity contribution < 1.29 is 9.15 Å². The van der Waals surface area contributed by atoms with Crippen molar-refractivity contribution in [2.24, 2.45) is 0 Å². The smallest absolute Gasteiger partial charge is 0.394 e. The molecule has 0 amide bonds. The summed E-state index contributed by atoms with van der Waals surface area (Å²) in [6.45, 7) is 2.37. The Bertz CT molecular complexity index is 496. The van der Waals surface area contributed by atoms with E-state index in [0.29, 0.717) is 23.3 Å². The van der Waals surface area contributed by atoms with Crippen molar-refractivity contribution in [2.75, 3.05) is 6.61 Å². The lowest BCUT2D eigenvalue weighted by Crippen LogP contribution is -1.89. The van der Waals surface area contributed by atoms with Crippen molar-refractivity contribution in [2.45, 2.75) is 6.92 Å². The van der Waals surface area contributed by atoms with Crippen LogP contribution in [0.3, 0.4) is 0 Å². The molecule has 1 aromatic carbocycles. The lowest BCUT2D eigenvalue weighted by atomic mass is 10.2. The molecule has 0 aliphatic heterocycles. The molecule has 0 spiro atoms. The van der Waals surface area contributed by atoms with Crippen LogP contribution in [-0.2, 0) is 0 Å². The molecule has 0 bridgehead atoms. The molecule has 0 N–H and O–H groups in total. The molecule has 0 aliphatic rings. The number of ether oxygens (including phenoxy) is 1. The summed E-state index contributed by atoms with van der Waals surface area (Å²) < 4.78 is 10.4. The zero-order valence-electron chi connectivity index (χ0n) is 7.65. The van der Waals surface area contributed by atoms with Gasteiger partial charge in [-0.2, -0.15) is 10.2 Å². The van der Waals surface area contributed by atoms with E-state index >= 15 is 0 Å². The van der Waals surface area contributed by atoms with Crippen molar-refractivity contribution in [1.82, 2.24) is 4.98 Å². The average Bonchev–Trinajstić information content (AvgIpc) is 2.59. The second-order valence-electron chi connectivity index (χ2n) is 2.71. The molecule has 0 saturated heterocycles. The van der Waals surface area contributed by atoms with E-state index < -0.39 is 0 Å². The summed E-state index contributed by atoms with van der Waals surface area (Å²) in [4.78, 5) is 4.08. The maximum absolute atomic E-state index is 8.66. The molecule has 2 rings (SSSR count). The Hall–Kier alpha value is -2.02. The third kappa shape index (κ3) is 1.40. The van der Waals surface area contributed by atoms with Crippen LogP contribution in [0, 0.1) is 11.3 Å². The van der Waals surface area contributed by atoms with Crippen LogP contribution in [0.25, 0.3) is 11.1 Å². The standard InChI is InChI=1S/C10H8N2O2/c1-2-13-10-12-8-4-3-7(6-11)5-9(8)14-10/h3-5H,2H2,1H3. The molecule has 70 valence electrons. The van der Waals surface area contributed by atoms with Crippen LogP contribution in [0.15, 0.2) is 22.6 Å². The molecule has 14 heavy (non-hydrogen) atoms. The summed E-state index contributed by atoms with van der Waals surface area (Å²) in [6.07, 6.45) is 0.248. The molecular formula is C10H8N2O2. The number of rotatable bonds is 2. The molecule has 4 heteroatoms. The third-order valence-electron chi connectivity index (χ3n) is 1.77. The van der Waals surface area contributed by atoms with Gasteiger partial charge in [0, 0.05) is 6.07 Å². The monoisotopic (exact) mass is 188 g/mol. The van der Waals surface area contributed by atoms with Crippen LogP contribution >= 0.6 is 0 Å². The summed E-state index contributed by atoms with van der Waals surface area (Å²) in [5.74, 6) is 0. The molecule has 0 atom stereocenters. The number of fused-ring (bicyclic) bond motifs is 1. The highest BCUT2D eigenvalue weighted by atomic mass is 16.6. The first-order valence-electron chi connectivity index (χ1n) is 4.27. The Morgan fingerprint density at radius 1 is 1.57 bits per heavy atom. The Morgan fingerprint density at radius 3 is 3.14 bits per heavy atom. The van der Waals surface area contributed by atoms with Gasteiger partial charge >= 0.3 is 6.08 Å². The van der Waals surface area contributed by atoms with Crippen molar-refractivity contribution in [3.8, 4) is 12.1 Å². The Balaban J connectivity index is 2.50. The van der Waals surface area contributed by atoms with Crippen molar-refractivity contribution >= 4 is 11.1 Å². The zero-order valence-corrected chi connectivity index (χ0v) is 7.65. The van der Waals surface area contributed by atoms with Gasteiger partial charge in [-0.3, -0.25) is 0 Å². The number of nitrogens with zero attached hydrogens (tertiary/aromatic N) is 2. The molecule has 0 fully saturated rings. The average molecular weight is 188 g/mol. The minimum Gasteiger partial charge on any atom is -0.450 e. The van der Waals surface area contributed by atoms with Gasteiger partial charge in [-0.25, -0.2) is 0 Å². The summed E-state index contributed by atoms with van der Waals surface area (Å²) in [7, 11) is 0. The van der Waals surface area contributed by atoms with Gasteiger partial charge < -0.3 is 9.15 Å². The van der Waals surface area contributed by atoms with Gasteiger partial charge in [0.15, 0.2) is 5.58 Å². The summed E-state index contributed by atoms with van der Waals surface area (Å²) in [5, 5.41) is 8.66. The van der Waals surface area contributed by atoms with Crippen LogP contribution in [0.2, 0.25) is 0 Å². The van der Waals surface area contributed by atoms with E-state index in [9.17, 15) is 0 Å². The zero-order chi connectivity index (χ0) is 9.97. The Morgan fingerprint density at radius 2 is 2.43 bits per heavy atom. The maximum atomic E-state index is 8.66. The van der Waals surface area contributed by atoms with E-state index in [2.05, 4.69) is 4.98 Å².